The molecule has 0 saturated heterocycles. The van der Waals surface area contributed by atoms with Crippen molar-refractivity contribution in [1.82, 2.24) is 0 Å². The van der Waals surface area contributed by atoms with E-state index in [2.05, 4.69) is 30.1 Å². The summed E-state index contributed by atoms with van der Waals surface area (Å²) in [5.74, 6) is 0. The zero-order chi connectivity index (χ0) is 11.4. The van der Waals surface area contributed by atoms with Gasteiger partial charge in [0.1, 0.15) is 0 Å². The Hall–Kier alpha value is -1.02. The van der Waals surface area contributed by atoms with Crippen LogP contribution in [0.15, 0.2) is 18.2 Å². The largest absolute Gasteiger partial charge is 0.396 e. The van der Waals surface area contributed by atoms with Crippen LogP contribution in [0.3, 0.4) is 0 Å². The molecule has 0 aromatic heterocycles. The van der Waals surface area contributed by atoms with Crippen LogP contribution in [0, 0.1) is 0 Å². The quantitative estimate of drug-likeness (QED) is 0.769. The van der Waals surface area contributed by atoms with E-state index >= 15 is 0 Å². The molecule has 0 spiro atoms. The third-order valence-electron chi connectivity index (χ3n) is 3.42. The second kappa shape index (κ2) is 5.35. The zero-order valence-electron chi connectivity index (χ0n) is 10.1. The molecule has 0 heterocycles. The van der Waals surface area contributed by atoms with Gasteiger partial charge in [-0.15, -0.1) is 0 Å². The maximum absolute atomic E-state index is 8.76. The molecule has 2 heteroatoms. The number of fused-ring (bicyclic) bond motifs is 1. The molecule has 1 aliphatic carbocycles. The standard InChI is InChI=1S/C14H21NO/c1-15(9-2-3-10-16)14-8-7-12-5-4-6-13(12)11-14/h7-8,11,16H,2-6,9-10H2,1H3. The van der Waals surface area contributed by atoms with Crippen LogP contribution < -0.4 is 4.90 Å². The molecule has 0 saturated carbocycles. The van der Waals surface area contributed by atoms with Crippen molar-refractivity contribution in [2.45, 2.75) is 32.1 Å². The number of anilines is 1. The van der Waals surface area contributed by atoms with E-state index in [0.29, 0.717) is 6.61 Å². The van der Waals surface area contributed by atoms with Crippen LogP contribution in [0.25, 0.3) is 0 Å². The number of unbranched alkanes of at least 4 members (excludes halogenated alkanes) is 1. The Morgan fingerprint density at radius 2 is 2.00 bits per heavy atom. The van der Waals surface area contributed by atoms with Gasteiger partial charge in [-0.05, 0) is 55.4 Å². The van der Waals surface area contributed by atoms with Gasteiger partial charge in [0.2, 0.25) is 0 Å². The Labute approximate surface area is 97.9 Å². The maximum atomic E-state index is 8.76. The van der Waals surface area contributed by atoms with Crippen LogP contribution in [-0.4, -0.2) is 25.3 Å². The molecule has 0 atom stereocenters. The first-order valence-corrected chi connectivity index (χ1v) is 6.25. The fourth-order valence-electron chi connectivity index (χ4n) is 2.39. The molecule has 1 aromatic carbocycles. The number of hydrogen-bond acceptors (Lipinski definition) is 2. The number of nitrogens with zero attached hydrogens (tertiary/aromatic N) is 1. The summed E-state index contributed by atoms with van der Waals surface area (Å²) in [5.41, 5.74) is 4.39. The zero-order valence-corrected chi connectivity index (χ0v) is 10.1. The van der Waals surface area contributed by atoms with E-state index in [-0.39, 0.29) is 0 Å². The highest BCUT2D eigenvalue weighted by molar-refractivity contribution is 5.51. The normalized spacial score (nSPS) is 13.9. The van der Waals surface area contributed by atoms with Crippen molar-refractivity contribution >= 4 is 5.69 Å². The van der Waals surface area contributed by atoms with E-state index in [9.17, 15) is 0 Å². The van der Waals surface area contributed by atoms with E-state index in [1.165, 1.54) is 36.1 Å². The SMILES string of the molecule is CN(CCCCO)c1ccc2c(c1)CCC2. The third-order valence-corrected chi connectivity index (χ3v) is 3.42. The van der Waals surface area contributed by atoms with Gasteiger partial charge in [0.25, 0.3) is 0 Å². The number of hydrogen-bond donors (Lipinski definition) is 1. The number of aryl methyl sites for hydroxylation is 2. The van der Waals surface area contributed by atoms with Gasteiger partial charge in [-0.25, -0.2) is 0 Å². The van der Waals surface area contributed by atoms with Crippen LogP contribution in [0.5, 0.6) is 0 Å². The summed E-state index contributed by atoms with van der Waals surface area (Å²) >= 11 is 0. The predicted molar refractivity (Wildman–Crippen MR) is 68.1 cm³/mol. The van der Waals surface area contributed by atoms with Crippen LogP contribution in [0.4, 0.5) is 5.69 Å². The number of benzene rings is 1. The summed E-state index contributed by atoms with van der Waals surface area (Å²) in [4.78, 5) is 2.29. The van der Waals surface area contributed by atoms with Crippen LogP contribution in [0.1, 0.15) is 30.4 Å². The van der Waals surface area contributed by atoms with Gasteiger partial charge in [0.05, 0.1) is 0 Å². The molecular formula is C14H21NO. The molecule has 1 aromatic rings. The van der Waals surface area contributed by atoms with Gasteiger partial charge < -0.3 is 10.0 Å². The van der Waals surface area contributed by atoms with Gasteiger partial charge >= 0.3 is 0 Å². The van der Waals surface area contributed by atoms with Crippen LogP contribution in [-0.2, 0) is 12.8 Å². The highest BCUT2D eigenvalue weighted by Crippen LogP contribution is 2.26. The second-order valence-corrected chi connectivity index (χ2v) is 4.66. The molecule has 2 nitrogen and oxygen atoms in total. The monoisotopic (exact) mass is 219 g/mol. The average molecular weight is 219 g/mol. The smallest absolute Gasteiger partial charge is 0.0431 e. The van der Waals surface area contributed by atoms with E-state index in [0.717, 1.165) is 19.4 Å². The fraction of sp³-hybridized carbons (Fsp3) is 0.571. The second-order valence-electron chi connectivity index (χ2n) is 4.66. The fourth-order valence-corrected chi connectivity index (χ4v) is 2.39. The van der Waals surface area contributed by atoms with Crippen molar-refractivity contribution in [2.24, 2.45) is 0 Å². The first kappa shape index (κ1) is 11.5. The lowest BCUT2D eigenvalue weighted by Gasteiger charge is -2.20. The summed E-state index contributed by atoms with van der Waals surface area (Å²) in [7, 11) is 2.13. The van der Waals surface area contributed by atoms with E-state index in [4.69, 9.17) is 5.11 Å². The number of aliphatic hydroxyl groups is 1. The van der Waals surface area contributed by atoms with Crippen molar-refractivity contribution in [3.05, 3.63) is 29.3 Å². The summed E-state index contributed by atoms with van der Waals surface area (Å²) in [6, 6.07) is 6.84. The van der Waals surface area contributed by atoms with Gasteiger partial charge in [0.15, 0.2) is 0 Å². The summed E-state index contributed by atoms with van der Waals surface area (Å²) in [5, 5.41) is 8.76. The molecule has 0 amide bonds. The first-order valence-electron chi connectivity index (χ1n) is 6.25. The van der Waals surface area contributed by atoms with Crippen LogP contribution in [0.2, 0.25) is 0 Å². The number of aliphatic hydroxyl groups excluding tert-OH is 1. The molecule has 1 aliphatic rings. The van der Waals surface area contributed by atoms with Crippen molar-refractivity contribution in [3.63, 3.8) is 0 Å². The van der Waals surface area contributed by atoms with E-state index < -0.39 is 0 Å². The molecule has 0 radical (unpaired) electrons. The lowest BCUT2D eigenvalue weighted by molar-refractivity contribution is 0.285. The molecule has 0 bridgehead atoms. The van der Waals surface area contributed by atoms with Gasteiger partial charge in [-0.2, -0.15) is 0 Å². The van der Waals surface area contributed by atoms with E-state index in [1.54, 1.807) is 0 Å². The minimum atomic E-state index is 0.304. The summed E-state index contributed by atoms with van der Waals surface area (Å²) in [6.45, 7) is 1.33. The van der Waals surface area contributed by atoms with Crippen molar-refractivity contribution in [3.8, 4) is 0 Å². The van der Waals surface area contributed by atoms with Gasteiger partial charge in [-0.1, -0.05) is 6.07 Å². The molecule has 1 N–H and O–H groups in total. The van der Waals surface area contributed by atoms with Crippen molar-refractivity contribution in [2.75, 3.05) is 25.1 Å². The topological polar surface area (TPSA) is 23.5 Å². The third kappa shape index (κ3) is 2.56. The molecule has 0 aliphatic heterocycles. The lowest BCUT2D eigenvalue weighted by Crippen LogP contribution is -2.18. The average Bonchev–Trinajstić information content (AvgIpc) is 2.76. The Morgan fingerprint density at radius 1 is 1.19 bits per heavy atom. The van der Waals surface area contributed by atoms with Crippen molar-refractivity contribution in [1.29, 1.82) is 0 Å². The molecular weight excluding hydrogens is 198 g/mol. The maximum Gasteiger partial charge on any atom is 0.0431 e. The highest BCUT2D eigenvalue weighted by Gasteiger charge is 2.11. The summed E-state index contributed by atoms with van der Waals surface area (Å²) < 4.78 is 0. The highest BCUT2D eigenvalue weighted by atomic mass is 16.2. The van der Waals surface area contributed by atoms with Gasteiger partial charge in [-0.3, -0.25) is 0 Å². The Balaban J connectivity index is 1.98. The van der Waals surface area contributed by atoms with Crippen molar-refractivity contribution < 1.29 is 5.11 Å². The minimum absolute atomic E-state index is 0.304. The Bertz CT molecular complexity index is 349. The minimum Gasteiger partial charge on any atom is -0.396 e. The van der Waals surface area contributed by atoms with E-state index in [1.807, 2.05) is 0 Å². The molecule has 0 unspecified atom stereocenters. The molecule has 0 fully saturated rings. The Morgan fingerprint density at radius 3 is 2.81 bits per heavy atom. The first-order chi connectivity index (χ1) is 7.81. The lowest BCUT2D eigenvalue weighted by atomic mass is 10.1. The summed E-state index contributed by atoms with van der Waals surface area (Å²) in [6.07, 6.45) is 5.77. The molecule has 88 valence electrons. The van der Waals surface area contributed by atoms with Crippen LogP contribution >= 0.6 is 0 Å². The predicted octanol–water partition coefficient (Wildman–Crippen LogP) is 2.38. The number of rotatable bonds is 5. The molecule has 16 heavy (non-hydrogen) atoms. The molecule has 2 rings (SSSR count). The Kier molecular flexibility index (Phi) is 3.83. The van der Waals surface area contributed by atoms with Gasteiger partial charge in [0, 0.05) is 25.9 Å².